The number of hydrogen-bond donors (Lipinski definition) is 1. The zero-order valence-electron chi connectivity index (χ0n) is 11.5. The summed E-state index contributed by atoms with van der Waals surface area (Å²) in [6.45, 7) is 9.92. The van der Waals surface area contributed by atoms with Crippen molar-refractivity contribution in [2.75, 3.05) is 12.3 Å². The second kappa shape index (κ2) is 5.54. The maximum atomic E-state index is 12.6. The van der Waals surface area contributed by atoms with Crippen LogP contribution in [-0.2, 0) is 10.0 Å². The second-order valence-electron chi connectivity index (χ2n) is 4.99. The Labute approximate surface area is 113 Å². The van der Waals surface area contributed by atoms with E-state index in [1.807, 2.05) is 27.7 Å². The third kappa shape index (κ3) is 3.21. The van der Waals surface area contributed by atoms with Crippen LogP contribution in [0.25, 0.3) is 0 Å². The molecule has 0 atom stereocenters. The van der Waals surface area contributed by atoms with Crippen molar-refractivity contribution in [3.8, 4) is 0 Å². The number of nitrogen functional groups attached to an aromatic ring is 1. The first-order chi connectivity index (χ1) is 8.16. The minimum atomic E-state index is -3.50. The molecular weight excluding hydrogens is 270 g/mol. The molecule has 0 radical (unpaired) electrons. The van der Waals surface area contributed by atoms with Crippen LogP contribution in [0.1, 0.15) is 33.4 Å². The lowest BCUT2D eigenvalue weighted by Crippen LogP contribution is -2.39. The van der Waals surface area contributed by atoms with Gasteiger partial charge in [-0.3, -0.25) is 0 Å². The normalized spacial score (nSPS) is 12.9. The van der Waals surface area contributed by atoms with E-state index in [0.29, 0.717) is 17.4 Å². The van der Waals surface area contributed by atoms with Gasteiger partial charge in [-0.05, 0) is 26.7 Å². The van der Waals surface area contributed by atoms with E-state index in [-0.39, 0.29) is 16.2 Å². The Balaban J connectivity index is 3.21. The molecule has 1 aromatic heterocycles. The molecule has 0 unspecified atom stereocenters. The zero-order valence-corrected chi connectivity index (χ0v) is 13.1. The third-order valence-electron chi connectivity index (χ3n) is 2.43. The van der Waals surface area contributed by atoms with Gasteiger partial charge in [-0.15, -0.1) is 0 Å². The van der Waals surface area contributed by atoms with Gasteiger partial charge < -0.3 is 5.73 Å². The maximum Gasteiger partial charge on any atom is 0.254 e. The van der Waals surface area contributed by atoms with E-state index < -0.39 is 10.0 Å². The molecule has 7 heteroatoms. The Morgan fingerprint density at radius 1 is 1.33 bits per heavy atom. The molecule has 1 heterocycles. The Kier molecular flexibility index (Phi) is 4.74. The molecule has 5 nitrogen and oxygen atoms in total. The van der Waals surface area contributed by atoms with Crippen LogP contribution in [0.5, 0.6) is 0 Å². The highest BCUT2D eigenvalue weighted by Crippen LogP contribution is 2.29. The molecule has 0 spiro atoms. The Bertz CT molecular complexity index is 506. The van der Waals surface area contributed by atoms with Crippen molar-refractivity contribution in [2.45, 2.75) is 44.9 Å². The van der Waals surface area contributed by atoms with Crippen molar-refractivity contribution in [1.82, 2.24) is 9.29 Å². The topological polar surface area (TPSA) is 76.3 Å². The fourth-order valence-electron chi connectivity index (χ4n) is 1.69. The highest BCUT2D eigenvalue weighted by molar-refractivity contribution is 7.91. The predicted molar refractivity (Wildman–Crippen MR) is 75.1 cm³/mol. The molecule has 0 fully saturated rings. The van der Waals surface area contributed by atoms with Crippen LogP contribution in [0.15, 0.2) is 4.21 Å². The molecule has 0 aliphatic carbocycles. The first-order valence-corrected chi connectivity index (χ1v) is 8.16. The van der Waals surface area contributed by atoms with E-state index >= 15 is 0 Å². The van der Waals surface area contributed by atoms with Gasteiger partial charge in [0, 0.05) is 12.6 Å². The average molecular weight is 291 g/mol. The van der Waals surface area contributed by atoms with E-state index in [1.165, 1.54) is 4.31 Å². The number of sulfonamides is 1. The van der Waals surface area contributed by atoms with Gasteiger partial charge in [-0.2, -0.15) is 4.31 Å². The minimum absolute atomic E-state index is 0.0832. The third-order valence-corrected chi connectivity index (χ3v) is 6.05. The minimum Gasteiger partial charge on any atom is -0.375 e. The molecule has 0 saturated heterocycles. The molecule has 1 aromatic rings. The fraction of sp³-hybridized carbons (Fsp3) is 0.727. The number of aryl methyl sites for hydroxylation is 1. The second-order valence-corrected chi connectivity index (χ2v) is 8.10. The predicted octanol–water partition coefficient (Wildman–Crippen LogP) is 2.09. The van der Waals surface area contributed by atoms with Gasteiger partial charge in [-0.25, -0.2) is 13.4 Å². The number of hydrogen-bond acceptors (Lipinski definition) is 5. The Hall–Kier alpha value is -0.660. The molecule has 104 valence electrons. The van der Waals surface area contributed by atoms with Crippen LogP contribution < -0.4 is 5.73 Å². The van der Waals surface area contributed by atoms with Gasteiger partial charge in [0.25, 0.3) is 10.0 Å². The van der Waals surface area contributed by atoms with Crippen molar-refractivity contribution in [3.05, 3.63) is 5.69 Å². The van der Waals surface area contributed by atoms with Gasteiger partial charge in [0.2, 0.25) is 0 Å². The molecule has 0 aromatic carbocycles. The van der Waals surface area contributed by atoms with Crippen molar-refractivity contribution < 1.29 is 8.42 Å². The Morgan fingerprint density at radius 2 is 1.89 bits per heavy atom. The van der Waals surface area contributed by atoms with Crippen LogP contribution in [-0.4, -0.2) is 30.3 Å². The molecule has 0 aliphatic heterocycles. The number of thiazole rings is 1. The van der Waals surface area contributed by atoms with Crippen LogP contribution in [0, 0.1) is 12.8 Å². The van der Waals surface area contributed by atoms with Gasteiger partial charge in [0.1, 0.15) is 0 Å². The standard InChI is InChI=1S/C11H21N3O2S2/c1-7(2)6-14(8(3)4)18(15,16)10-9(5)13-11(12)17-10/h7-8H,6H2,1-5H3,(H2,12,13). The monoisotopic (exact) mass is 291 g/mol. The van der Waals surface area contributed by atoms with E-state index in [9.17, 15) is 8.42 Å². The summed E-state index contributed by atoms with van der Waals surface area (Å²) in [4.78, 5) is 3.99. The molecular formula is C11H21N3O2S2. The lowest BCUT2D eigenvalue weighted by Gasteiger charge is -2.26. The van der Waals surface area contributed by atoms with E-state index in [2.05, 4.69) is 4.98 Å². The Morgan fingerprint density at radius 3 is 2.22 bits per heavy atom. The highest BCUT2D eigenvalue weighted by Gasteiger charge is 2.31. The van der Waals surface area contributed by atoms with Gasteiger partial charge >= 0.3 is 0 Å². The number of aromatic nitrogens is 1. The van der Waals surface area contributed by atoms with Crippen LogP contribution >= 0.6 is 11.3 Å². The maximum absolute atomic E-state index is 12.6. The van der Waals surface area contributed by atoms with Crippen LogP contribution in [0.3, 0.4) is 0 Å². The summed E-state index contributed by atoms with van der Waals surface area (Å²) in [7, 11) is -3.50. The molecule has 2 N–H and O–H groups in total. The molecule has 0 bridgehead atoms. The number of nitrogens with two attached hydrogens (primary N) is 1. The number of nitrogens with zero attached hydrogens (tertiary/aromatic N) is 2. The summed E-state index contributed by atoms with van der Waals surface area (Å²) >= 11 is 1.03. The van der Waals surface area contributed by atoms with Gasteiger partial charge in [0.05, 0.1) is 5.69 Å². The molecule has 0 aliphatic rings. The van der Waals surface area contributed by atoms with E-state index in [1.54, 1.807) is 6.92 Å². The van der Waals surface area contributed by atoms with Gasteiger partial charge in [-0.1, -0.05) is 25.2 Å². The van der Waals surface area contributed by atoms with Crippen LogP contribution in [0.2, 0.25) is 0 Å². The van der Waals surface area contributed by atoms with E-state index in [0.717, 1.165) is 11.3 Å². The summed E-state index contributed by atoms with van der Waals surface area (Å²) in [5.41, 5.74) is 6.06. The summed E-state index contributed by atoms with van der Waals surface area (Å²) in [6, 6.07) is -0.0832. The lowest BCUT2D eigenvalue weighted by atomic mass is 10.2. The van der Waals surface area contributed by atoms with Crippen LogP contribution in [0.4, 0.5) is 5.13 Å². The molecule has 0 amide bonds. The lowest BCUT2D eigenvalue weighted by molar-refractivity contribution is 0.319. The number of rotatable bonds is 5. The first-order valence-electron chi connectivity index (χ1n) is 5.91. The smallest absolute Gasteiger partial charge is 0.254 e. The van der Waals surface area contributed by atoms with Crippen molar-refractivity contribution in [3.63, 3.8) is 0 Å². The van der Waals surface area contributed by atoms with Crippen molar-refractivity contribution in [2.24, 2.45) is 5.92 Å². The molecule has 1 rings (SSSR count). The van der Waals surface area contributed by atoms with Gasteiger partial charge in [0.15, 0.2) is 9.34 Å². The SMILES string of the molecule is Cc1nc(N)sc1S(=O)(=O)N(CC(C)C)C(C)C. The van der Waals surface area contributed by atoms with E-state index in [4.69, 9.17) is 5.73 Å². The molecule has 0 saturated carbocycles. The van der Waals surface area contributed by atoms with Crippen molar-refractivity contribution in [1.29, 1.82) is 0 Å². The summed E-state index contributed by atoms with van der Waals surface area (Å²) in [5.74, 6) is 0.271. The highest BCUT2D eigenvalue weighted by atomic mass is 32.2. The summed E-state index contributed by atoms with van der Waals surface area (Å²) < 4.78 is 26.9. The largest absolute Gasteiger partial charge is 0.375 e. The quantitative estimate of drug-likeness (QED) is 0.901. The average Bonchev–Trinajstić information content (AvgIpc) is 2.54. The summed E-state index contributed by atoms with van der Waals surface area (Å²) in [5, 5.41) is 0.291. The fourth-order valence-corrected chi connectivity index (χ4v) is 4.91. The zero-order chi connectivity index (χ0) is 14.1. The van der Waals surface area contributed by atoms with Crippen molar-refractivity contribution >= 4 is 26.5 Å². The number of anilines is 1. The summed E-state index contributed by atoms with van der Waals surface area (Å²) in [6.07, 6.45) is 0. The molecule has 18 heavy (non-hydrogen) atoms. The first kappa shape index (κ1) is 15.4.